The number of carbonyl (C=O) groups excluding carboxylic acids is 1. The maximum atomic E-state index is 11.7. The van der Waals surface area contributed by atoms with Gasteiger partial charge in [-0.05, 0) is 51.7 Å². The molecule has 0 radical (unpaired) electrons. The number of halogens is 2. The number of nitrogens with one attached hydrogen (secondary N) is 1. The van der Waals surface area contributed by atoms with Gasteiger partial charge < -0.3 is 11.1 Å². The highest BCUT2D eigenvalue weighted by molar-refractivity contribution is 9.11. The molecule has 0 saturated heterocycles. The van der Waals surface area contributed by atoms with Crippen molar-refractivity contribution in [3.8, 4) is 0 Å². The summed E-state index contributed by atoms with van der Waals surface area (Å²) in [4.78, 5) is 11.7. The first-order valence-electron chi connectivity index (χ1n) is 5.90. The molecule has 0 aromatic carbocycles. The van der Waals surface area contributed by atoms with E-state index in [2.05, 4.69) is 21.2 Å². The van der Waals surface area contributed by atoms with Crippen molar-refractivity contribution < 1.29 is 4.79 Å². The van der Waals surface area contributed by atoms with E-state index >= 15 is 0 Å². The fourth-order valence-corrected chi connectivity index (χ4v) is 3.48. The summed E-state index contributed by atoms with van der Waals surface area (Å²) in [5.41, 5.74) is 7.10. The molecule has 1 aliphatic carbocycles. The molecule has 1 aromatic rings. The first-order chi connectivity index (χ1) is 8.15. The quantitative estimate of drug-likeness (QED) is 0.874. The van der Waals surface area contributed by atoms with Crippen LogP contribution in [0, 0.1) is 5.92 Å². The van der Waals surface area contributed by atoms with E-state index in [1.807, 2.05) is 11.4 Å². The van der Waals surface area contributed by atoms with Crippen LogP contribution < -0.4 is 11.1 Å². The molecule has 0 spiro atoms. The first kappa shape index (κ1) is 16.0. The van der Waals surface area contributed by atoms with E-state index in [1.54, 1.807) is 11.3 Å². The van der Waals surface area contributed by atoms with Crippen LogP contribution in [0.1, 0.15) is 31.2 Å². The molecule has 3 N–H and O–H groups in total. The Labute approximate surface area is 126 Å². The lowest BCUT2D eigenvalue weighted by atomic mass is 10.00. The van der Waals surface area contributed by atoms with Crippen LogP contribution in [0.25, 0.3) is 0 Å². The van der Waals surface area contributed by atoms with Gasteiger partial charge in [0.05, 0.1) is 3.79 Å². The molecule has 1 heterocycles. The van der Waals surface area contributed by atoms with Gasteiger partial charge in [0.1, 0.15) is 0 Å². The van der Waals surface area contributed by atoms with Crippen LogP contribution in [0.15, 0.2) is 15.2 Å². The number of carbonyl (C=O) groups is 1. The SMILES string of the molecule is Cl.N[C@@H]1CCC[C@H]1CC(=O)NCc1csc(Br)c1. The molecule has 3 nitrogen and oxygen atoms in total. The third-order valence-electron chi connectivity index (χ3n) is 3.28. The predicted octanol–water partition coefficient (Wildman–Crippen LogP) is 3.07. The van der Waals surface area contributed by atoms with Gasteiger partial charge in [0, 0.05) is 19.0 Å². The molecule has 2 atom stereocenters. The minimum absolute atomic E-state index is 0. The average molecular weight is 354 g/mol. The molecule has 0 aliphatic heterocycles. The van der Waals surface area contributed by atoms with Crippen molar-refractivity contribution in [2.45, 2.75) is 38.3 Å². The Balaban J connectivity index is 0.00000162. The summed E-state index contributed by atoms with van der Waals surface area (Å²) in [7, 11) is 0. The molecule has 102 valence electrons. The summed E-state index contributed by atoms with van der Waals surface area (Å²) >= 11 is 5.04. The second-order valence-electron chi connectivity index (χ2n) is 4.59. The van der Waals surface area contributed by atoms with Gasteiger partial charge in [0.2, 0.25) is 5.91 Å². The summed E-state index contributed by atoms with van der Waals surface area (Å²) in [6.45, 7) is 0.614. The van der Waals surface area contributed by atoms with E-state index in [-0.39, 0.29) is 24.4 Å². The largest absolute Gasteiger partial charge is 0.352 e. The Morgan fingerprint density at radius 2 is 2.33 bits per heavy atom. The summed E-state index contributed by atoms with van der Waals surface area (Å²) in [5.74, 6) is 0.499. The highest BCUT2D eigenvalue weighted by Crippen LogP contribution is 2.26. The lowest BCUT2D eigenvalue weighted by Gasteiger charge is -2.14. The monoisotopic (exact) mass is 352 g/mol. The zero-order chi connectivity index (χ0) is 12.3. The first-order valence-corrected chi connectivity index (χ1v) is 7.57. The van der Waals surface area contributed by atoms with Crippen LogP contribution in [0.5, 0.6) is 0 Å². The lowest BCUT2D eigenvalue weighted by molar-refractivity contribution is -0.122. The number of nitrogens with two attached hydrogens (primary N) is 1. The van der Waals surface area contributed by atoms with Crippen molar-refractivity contribution in [3.63, 3.8) is 0 Å². The normalized spacial score (nSPS) is 22.6. The smallest absolute Gasteiger partial charge is 0.220 e. The molecule has 1 aliphatic rings. The Morgan fingerprint density at radius 1 is 1.56 bits per heavy atom. The van der Waals surface area contributed by atoms with E-state index in [9.17, 15) is 4.79 Å². The van der Waals surface area contributed by atoms with Gasteiger partial charge in [-0.2, -0.15) is 0 Å². The summed E-state index contributed by atoms with van der Waals surface area (Å²) in [5, 5.41) is 5.00. The standard InChI is InChI=1S/C12H17BrN2OS.ClH/c13-11-4-8(7-17-11)6-15-12(16)5-9-2-1-3-10(9)14;/h4,7,9-10H,1-3,5-6,14H2,(H,15,16);1H/t9-,10+;/m0./s1. The van der Waals surface area contributed by atoms with Crippen molar-refractivity contribution >= 4 is 45.6 Å². The maximum absolute atomic E-state index is 11.7. The third kappa shape index (κ3) is 4.53. The van der Waals surface area contributed by atoms with Crippen LogP contribution in [0.4, 0.5) is 0 Å². The van der Waals surface area contributed by atoms with E-state index < -0.39 is 0 Å². The summed E-state index contributed by atoms with van der Waals surface area (Å²) in [6.07, 6.45) is 3.90. The molecule has 6 heteroatoms. The Bertz CT molecular complexity index is 399. The topological polar surface area (TPSA) is 55.1 Å². The van der Waals surface area contributed by atoms with Gasteiger partial charge in [-0.1, -0.05) is 6.42 Å². The number of thiophene rings is 1. The number of rotatable bonds is 4. The minimum Gasteiger partial charge on any atom is -0.352 e. The van der Waals surface area contributed by atoms with Crippen molar-refractivity contribution in [2.24, 2.45) is 11.7 Å². The summed E-state index contributed by atoms with van der Waals surface area (Å²) < 4.78 is 1.10. The maximum Gasteiger partial charge on any atom is 0.220 e. The Kier molecular flexibility index (Phi) is 6.63. The number of amides is 1. The van der Waals surface area contributed by atoms with E-state index in [4.69, 9.17) is 5.73 Å². The van der Waals surface area contributed by atoms with Crippen LogP contribution in [0.3, 0.4) is 0 Å². The molecule has 1 amide bonds. The van der Waals surface area contributed by atoms with E-state index in [0.717, 1.165) is 28.6 Å². The van der Waals surface area contributed by atoms with Crippen molar-refractivity contribution in [3.05, 3.63) is 20.8 Å². The molecule has 18 heavy (non-hydrogen) atoms. The van der Waals surface area contributed by atoms with E-state index in [1.165, 1.54) is 0 Å². The second kappa shape index (κ2) is 7.48. The van der Waals surface area contributed by atoms with E-state index in [0.29, 0.717) is 18.9 Å². The molecule has 1 fully saturated rings. The van der Waals surface area contributed by atoms with Crippen molar-refractivity contribution in [2.75, 3.05) is 0 Å². The molecule has 0 unspecified atom stereocenters. The number of hydrogen-bond acceptors (Lipinski definition) is 3. The van der Waals surface area contributed by atoms with Crippen LogP contribution in [0.2, 0.25) is 0 Å². The zero-order valence-corrected chi connectivity index (χ0v) is 13.2. The Hall–Kier alpha value is -0.100. The zero-order valence-electron chi connectivity index (χ0n) is 10.0. The van der Waals surface area contributed by atoms with Crippen LogP contribution in [-0.2, 0) is 11.3 Å². The molecular weight excluding hydrogens is 336 g/mol. The number of hydrogen-bond donors (Lipinski definition) is 2. The minimum atomic E-state index is 0. The predicted molar refractivity (Wildman–Crippen MR) is 81.0 cm³/mol. The van der Waals surface area contributed by atoms with Gasteiger partial charge in [-0.25, -0.2) is 0 Å². The van der Waals surface area contributed by atoms with Crippen molar-refractivity contribution in [1.29, 1.82) is 0 Å². The van der Waals surface area contributed by atoms with Gasteiger partial charge >= 0.3 is 0 Å². The molecule has 1 aromatic heterocycles. The molecule has 1 saturated carbocycles. The van der Waals surface area contributed by atoms with Gasteiger partial charge in [-0.15, -0.1) is 23.7 Å². The molecule has 2 rings (SSSR count). The Morgan fingerprint density at radius 3 is 2.89 bits per heavy atom. The fraction of sp³-hybridized carbons (Fsp3) is 0.583. The highest BCUT2D eigenvalue weighted by atomic mass is 79.9. The lowest BCUT2D eigenvalue weighted by Crippen LogP contribution is -2.31. The van der Waals surface area contributed by atoms with Gasteiger partial charge in [-0.3, -0.25) is 4.79 Å². The second-order valence-corrected chi connectivity index (χ2v) is 6.89. The van der Waals surface area contributed by atoms with Gasteiger partial charge in [0.25, 0.3) is 0 Å². The average Bonchev–Trinajstić information content (AvgIpc) is 2.86. The van der Waals surface area contributed by atoms with Crippen molar-refractivity contribution in [1.82, 2.24) is 5.32 Å². The van der Waals surface area contributed by atoms with Crippen LogP contribution >= 0.6 is 39.7 Å². The van der Waals surface area contributed by atoms with Crippen LogP contribution in [-0.4, -0.2) is 11.9 Å². The third-order valence-corrected chi connectivity index (χ3v) is 4.83. The fourth-order valence-electron chi connectivity index (χ4n) is 2.27. The molecule has 0 bridgehead atoms. The highest BCUT2D eigenvalue weighted by Gasteiger charge is 2.25. The molecular formula is C12H18BrClN2OS. The van der Waals surface area contributed by atoms with Gasteiger partial charge in [0.15, 0.2) is 0 Å². The summed E-state index contributed by atoms with van der Waals surface area (Å²) in [6, 6.07) is 2.25.